The molecule has 3 rings (SSSR count). The fraction of sp³-hybridized carbons (Fsp3) is 0.100. The van der Waals surface area contributed by atoms with E-state index >= 15 is 0 Å². The van der Waals surface area contributed by atoms with Crippen LogP contribution in [0.25, 0.3) is 11.1 Å². The van der Waals surface area contributed by atoms with Crippen LogP contribution in [-0.4, -0.2) is 0 Å². The van der Waals surface area contributed by atoms with E-state index in [1.807, 2.05) is 43.3 Å². The first-order valence-electron chi connectivity index (χ1n) is 7.36. The number of benzene rings is 3. The molecule has 0 atom stereocenters. The van der Waals surface area contributed by atoms with Crippen molar-refractivity contribution >= 4 is 0 Å². The second kappa shape index (κ2) is 6.61. The molecule has 0 spiro atoms. The molecule has 0 aromatic heterocycles. The largest absolute Gasteiger partial charge is 0.489 e. The molecule has 0 fully saturated rings. The van der Waals surface area contributed by atoms with Crippen LogP contribution in [0.2, 0.25) is 0 Å². The minimum Gasteiger partial charge on any atom is -0.489 e. The van der Waals surface area contributed by atoms with E-state index in [4.69, 9.17) is 4.74 Å². The number of aryl methyl sites for hydroxylation is 1. The van der Waals surface area contributed by atoms with Crippen LogP contribution in [0.15, 0.2) is 66.7 Å². The number of hydrogen-bond acceptors (Lipinski definition) is 1. The van der Waals surface area contributed by atoms with E-state index in [0.717, 1.165) is 11.1 Å². The van der Waals surface area contributed by atoms with E-state index in [-0.39, 0.29) is 17.9 Å². The van der Waals surface area contributed by atoms with Crippen molar-refractivity contribution in [2.24, 2.45) is 0 Å². The first-order chi connectivity index (χ1) is 11.1. The van der Waals surface area contributed by atoms with Gasteiger partial charge in [-0.25, -0.2) is 8.78 Å². The molecule has 0 N–H and O–H groups in total. The second-order valence-corrected chi connectivity index (χ2v) is 5.41. The van der Waals surface area contributed by atoms with Gasteiger partial charge in [0.25, 0.3) is 0 Å². The highest BCUT2D eigenvalue weighted by Gasteiger charge is 2.14. The number of halogens is 2. The van der Waals surface area contributed by atoms with Gasteiger partial charge in [0.1, 0.15) is 24.0 Å². The summed E-state index contributed by atoms with van der Waals surface area (Å²) >= 11 is 0. The van der Waals surface area contributed by atoms with E-state index in [1.54, 1.807) is 18.2 Å². The lowest BCUT2D eigenvalue weighted by molar-refractivity contribution is 0.303. The summed E-state index contributed by atoms with van der Waals surface area (Å²) in [6.07, 6.45) is 0. The maximum absolute atomic E-state index is 14.3. The van der Waals surface area contributed by atoms with Gasteiger partial charge in [-0.15, -0.1) is 0 Å². The summed E-state index contributed by atoms with van der Waals surface area (Å²) in [6.45, 7) is 2.15. The van der Waals surface area contributed by atoms with Gasteiger partial charge >= 0.3 is 0 Å². The van der Waals surface area contributed by atoms with Crippen LogP contribution < -0.4 is 4.74 Å². The minimum absolute atomic E-state index is 0.0271. The number of rotatable bonds is 4. The molecule has 0 heterocycles. The van der Waals surface area contributed by atoms with Gasteiger partial charge in [-0.3, -0.25) is 0 Å². The van der Waals surface area contributed by atoms with Crippen LogP contribution in [0, 0.1) is 18.6 Å². The van der Waals surface area contributed by atoms with Crippen LogP contribution in [0.5, 0.6) is 5.75 Å². The van der Waals surface area contributed by atoms with E-state index in [1.165, 1.54) is 12.1 Å². The van der Waals surface area contributed by atoms with E-state index < -0.39 is 11.6 Å². The van der Waals surface area contributed by atoms with E-state index in [0.29, 0.717) is 5.56 Å². The number of ether oxygens (including phenoxy) is 1. The fourth-order valence-corrected chi connectivity index (χ4v) is 2.45. The zero-order valence-electron chi connectivity index (χ0n) is 12.7. The van der Waals surface area contributed by atoms with Gasteiger partial charge in [-0.2, -0.15) is 0 Å². The average molecular weight is 310 g/mol. The predicted molar refractivity (Wildman–Crippen MR) is 87.3 cm³/mol. The maximum atomic E-state index is 14.3. The molecule has 3 aromatic rings. The SMILES string of the molecule is Cc1cccc(-c2c(F)cc(OCc3ccccc3)cc2F)c1. The van der Waals surface area contributed by atoms with E-state index in [2.05, 4.69) is 0 Å². The van der Waals surface area contributed by atoms with Crippen LogP contribution in [0.3, 0.4) is 0 Å². The Morgan fingerprint density at radius 1 is 0.826 bits per heavy atom. The molecule has 116 valence electrons. The van der Waals surface area contributed by atoms with Crippen LogP contribution in [-0.2, 0) is 6.61 Å². The molecule has 0 aliphatic rings. The minimum atomic E-state index is -0.626. The Balaban J connectivity index is 1.86. The third-order valence-electron chi connectivity index (χ3n) is 3.57. The van der Waals surface area contributed by atoms with Crippen molar-refractivity contribution in [2.45, 2.75) is 13.5 Å². The van der Waals surface area contributed by atoms with Crippen molar-refractivity contribution in [2.75, 3.05) is 0 Å². The Morgan fingerprint density at radius 3 is 2.17 bits per heavy atom. The van der Waals surface area contributed by atoms with Crippen LogP contribution >= 0.6 is 0 Å². The molecule has 0 bridgehead atoms. The van der Waals surface area contributed by atoms with Crippen molar-refractivity contribution in [1.29, 1.82) is 0 Å². The van der Waals surface area contributed by atoms with E-state index in [9.17, 15) is 8.78 Å². The third kappa shape index (κ3) is 3.57. The molecule has 0 saturated carbocycles. The van der Waals surface area contributed by atoms with Crippen molar-refractivity contribution in [3.8, 4) is 16.9 Å². The molecule has 1 nitrogen and oxygen atoms in total. The molecule has 0 aliphatic carbocycles. The quantitative estimate of drug-likeness (QED) is 0.616. The standard InChI is InChI=1S/C20H16F2O/c1-14-6-5-9-16(10-14)20-18(21)11-17(12-19(20)22)23-13-15-7-3-2-4-8-15/h2-12H,13H2,1H3. The first kappa shape index (κ1) is 15.2. The Hall–Kier alpha value is -2.68. The highest BCUT2D eigenvalue weighted by Crippen LogP contribution is 2.30. The summed E-state index contributed by atoms with van der Waals surface area (Å²) in [7, 11) is 0. The van der Waals surface area contributed by atoms with Gasteiger partial charge in [0.05, 0.1) is 5.56 Å². The Bertz CT molecular complexity index is 790. The fourth-order valence-electron chi connectivity index (χ4n) is 2.45. The van der Waals surface area contributed by atoms with Gasteiger partial charge in [0.2, 0.25) is 0 Å². The summed E-state index contributed by atoms with van der Waals surface area (Å²) < 4.78 is 34.2. The monoisotopic (exact) mass is 310 g/mol. The first-order valence-corrected chi connectivity index (χ1v) is 7.36. The highest BCUT2D eigenvalue weighted by atomic mass is 19.1. The van der Waals surface area contributed by atoms with Crippen molar-refractivity contribution in [1.82, 2.24) is 0 Å². The second-order valence-electron chi connectivity index (χ2n) is 5.41. The molecule has 3 aromatic carbocycles. The van der Waals surface area contributed by atoms with Gasteiger partial charge in [-0.05, 0) is 18.1 Å². The van der Waals surface area contributed by atoms with Crippen LogP contribution in [0.1, 0.15) is 11.1 Å². The zero-order valence-corrected chi connectivity index (χ0v) is 12.7. The van der Waals surface area contributed by atoms with Gasteiger partial charge in [-0.1, -0.05) is 60.2 Å². The summed E-state index contributed by atoms with van der Waals surface area (Å²) in [5, 5.41) is 0. The van der Waals surface area contributed by atoms with Crippen molar-refractivity contribution in [3.63, 3.8) is 0 Å². The van der Waals surface area contributed by atoms with Crippen molar-refractivity contribution in [3.05, 3.63) is 89.5 Å². The molecular formula is C20H16F2O. The lowest BCUT2D eigenvalue weighted by Gasteiger charge is -2.11. The Morgan fingerprint density at radius 2 is 1.52 bits per heavy atom. The summed E-state index contributed by atoms with van der Waals surface area (Å²) in [4.78, 5) is 0. The molecule has 0 saturated heterocycles. The predicted octanol–water partition coefficient (Wildman–Crippen LogP) is 5.52. The molecular weight excluding hydrogens is 294 g/mol. The highest BCUT2D eigenvalue weighted by molar-refractivity contribution is 5.66. The summed E-state index contributed by atoms with van der Waals surface area (Å²) in [5.74, 6) is -1.07. The van der Waals surface area contributed by atoms with Gasteiger partial charge < -0.3 is 4.74 Å². The number of hydrogen-bond donors (Lipinski definition) is 0. The molecule has 0 aliphatic heterocycles. The van der Waals surface area contributed by atoms with Gasteiger partial charge in [0.15, 0.2) is 0 Å². The average Bonchev–Trinajstić information content (AvgIpc) is 2.53. The molecule has 3 heteroatoms. The van der Waals surface area contributed by atoms with Gasteiger partial charge in [0, 0.05) is 12.1 Å². The summed E-state index contributed by atoms with van der Waals surface area (Å²) in [5.41, 5.74) is 2.39. The third-order valence-corrected chi connectivity index (χ3v) is 3.57. The lowest BCUT2D eigenvalue weighted by Crippen LogP contribution is -1.98. The summed E-state index contributed by atoms with van der Waals surface area (Å²) in [6, 6.07) is 19.0. The van der Waals surface area contributed by atoms with Crippen LogP contribution in [0.4, 0.5) is 8.78 Å². The normalized spacial score (nSPS) is 10.6. The molecule has 0 amide bonds. The van der Waals surface area contributed by atoms with Crippen molar-refractivity contribution < 1.29 is 13.5 Å². The Kier molecular flexibility index (Phi) is 4.38. The molecule has 0 radical (unpaired) electrons. The maximum Gasteiger partial charge on any atom is 0.137 e. The molecule has 0 unspecified atom stereocenters. The Labute approximate surface area is 134 Å². The lowest BCUT2D eigenvalue weighted by atomic mass is 10.0. The smallest absolute Gasteiger partial charge is 0.137 e. The topological polar surface area (TPSA) is 9.23 Å². The zero-order chi connectivity index (χ0) is 16.2. The molecule has 23 heavy (non-hydrogen) atoms.